The molecule has 0 saturated heterocycles. The smallest absolute Gasteiger partial charge is 0.146 e. The van der Waals surface area contributed by atoms with Crippen LogP contribution in [0.1, 0.15) is 26.3 Å². The minimum Gasteiger partial charge on any atom is -0.481 e. The Morgan fingerprint density at radius 2 is 2.22 bits per heavy atom. The van der Waals surface area contributed by atoms with Crippen molar-refractivity contribution in [1.82, 2.24) is 4.98 Å². The van der Waals surface area contributed by atoms with Crippen LogP contribution in [0.3, 0.4) is 0 Å². The van der Waals surface area contributed by atoms with Gasteiger partial charge in [0.05, 0.1) is 6.20 Å². The Labute approximate surface area is 113 Å². The van der Waals surface area contributed by atoms with E-state index < -0.39 is 5.60 Å². The van der Waals surface area contributed by atoms with Crippen LogP contribution < -0.4 is 4.74 Å². The zero-order chi connectivity index (χ0) is 13.3. The van der Waals surface area contributed by atoms with E-state index in [1.807, 2.05) is 39.0 Å². The molecule has 3 heteroatoms. The maximum Gasteiger partial charge on any atom is 0.146 e. The Morgan fingerprint density at radius 3 is 2.83 bits per heavy atom. The topological polar surface area (TPSA) is 22.1 Å². The number of nitrogens with zero attached hydrogens (tertiary/aromatic N) is 1. The Bertz CT molecular complexity index is 551. The molecule has 0 aromatic carbocycles. The van der Waals surface area contributed by atoms with E-state index in [1.54, 1.807) is 12.4 Å². The molecular formula is C15H16ClNO. The van der Waals surface area contributed by atoms with Gasteiger partial charge in [-0.15, -0.1) is 0 Å². The van der Waals surface area contributed by atoms with E-state index >= 15 is 0 Å². The third-order valence-electron chi connectivity index (χ3n) is 2.93. The second-order valence-electron chi connectivity index (χ2n) is 4.75. The number of rotatable bonds is 2. The first-order valence-electron chi connectivity index (χ1n) is 5.80. The molecule has 0 saturated carbocycles. The molecule has 0 aliphatic carbocycles. The molecule has 2 nitrogen and oxygen atoms in total. The number of fused-ring (bicyclic) bond motifs is 1. The van der Waals surface area contributed by atoms with Crippen molar-refractivity contribution in [1.29, 1.82) is 0 Å². The molecule has 2 rings (SSSR count). The van der Waals surface area contributed by atoms with Crippen molar-refractivity contribution < 1.29 is 4.74 Å². The van der Waals surface area contributed by atoms with Crippen LogP contribution in [0, 0.1) is 0 Å². The average molecular weight is 262 g/mol. The summed E-state index contributed by atoms with van der Waals surface area (Å²) in [5.74, 6) is 0.779. The zero-order valence-electron chi connectivity index (χ0n) is 10.8. The van der Waals surface area contributed by atoms with Gasteiger partial charge in [-0.1, -0.05) is 24.3 Å². The van der Waals surface area contributed by atoms with Crippen LogP contribution in [0.25, 0.3) is 5.57 Å². The standard InChI is InChI=1S/C15H16ClNO/c1-5-11-12-6-7-17-9-14(12)18-15(3,4)13(11)8-10(2)16/h5-9H,1H2,2-4H3/b10-8+. The van der Waals surface area contributed by atoms with Gasteiger partial charge in [-0.2, -0.15) is 0 Å². The summed E-state index contributed by atoms with van der Waals surface area (Å²) in [6, 6.07) is 1.93. The predicted molar refractivity (Wildman–Crippen MR) is 75.7 cm³/mol. The van der Waals surface area contributed by atoms with E-state index in [-0.39, 0.29) is 0 Å². The molecule has 2 heterocycles. The fourth-order valence-corrected chi connectivity index (χ4v) is 2.26. The summed E-state index contributed by atoms with van der Waals surface area (Å²) in [5, 5.41) is 0.721. The highest BCUT2D eigenvalue weighted by Gasteiger charge is 2.32. The Hall–Kier alpha value is -1.54. The van der Waals surface area contributed by atoms with Crippen molar-refractivity contribution in [2.45, 2.75) is 26.4 Å². The van der Waals surface area contributed by atoms with Gasteiger partial charge >= 0.3 is 0 Å². The highest BCUT2D eigenvalue weighted by Crippen LogP contribution is 2.41. The molecule has 18 heavy (non-hydrogen) atoms. The summed E-state index contributed by atoms with van der Waals surface area (Å²) >= 11 is 6.01. The molecule has 1 aliphatic rings. The maximum absolute atomic E-state index is 6.01. The van der Waals surface area contributed by atoms with Crippen molar-refractivity contribution in [2.75, 3.05) is 0 Å². The number of aromatic nitrogens is 1. The van der Waals surface area contributed by atoms with Crippen molar-refractivity contribution in [3.05, 3.63) is 53.4 Å². The van der Waals surface area contributed by atoms with Gasteiger partial charge in [0.15, 0.2) is 0 Å². The third-order valence-corrected chi connectivity index (χ3v) is 3.04. The first kappa shape index (κ1) is 12.9. The molecule has 0 spiro atoms. The lowest BCUT2D eigenvalue weighted by atomic mass is 9.86. The van der Waals surface area contributed by atoms with Gasteiger partial charge in [-0.05, 0) is 38.5 Å². The monoisotopic (exact) mass is 261 g/mol. The molecule has 0 N–H and O–H groups in total. The van der Waals surface area contributed by atoms with E-state index in [1.165, 1.54) is 0 Å². The molecule has 94 valence electrons. The Kier molecular flexibility index (Phi) is 3.31. The van der Waals surface area contributed by atoms with Crippen LogP contribution in [0.5, 0.6) is 5.75 Å². The summed E-state index contributed by atoms with van der Waals surface area (Å²) < 4.78 is 5.99. The van der Waals surface area contributed by atoms with Crippen LogP contribution in [-0.2, 0) is 0 Å². The molecule has 0 amide bonds. The first-order chi connectivity index (χ1) is 8.45. The number of halogens is 1. The Morgan fingerprint density at radius 1 is 1.50 bits per heavy atom. The number of hydrogen-bond acceptors (Lipinski definition) is 2. The molecular weight excluding hydrogens is 246 g/mol. The molecule has 0 atom stereocenters. The van der Waals surface area contributed by atoms with Crippen molar-refractivity contribution >= 4 is 17.2 Å². The third kappa shape index (κ3) is 2.21. The lowest BCUT2D eigenvalue weighted by molar-refractivity contribution is 0.148. The highest BCUT2D eigenvalue weighted by molar-refractivity contribution is 6.29. The lowest BCUT2D eigenvalue weighted by Gasteiger charge is -2.35. The van der Waals surface area contributed by atoms with Gasteiger partial charge in [0, 0.05) is 22.4 Å². The fourth-order valence-electron chi connectivity index (χ4n) is 2.15. The van der Waals surface area contributed by atoms with Gasteiger partial charge < -0.3 is 4.74 Å². The largest absolute Gasteiger partial charge is 0.481 e. The summed E-state index contributed by atoms with van der Waals surface area (Å²) in [6.45, 7) is 9.78. The van der Waals surface area contributed by atoms with Gasteiger partial charge in [-0.25, -0.2) is 0 Å². The molecule has 0 unspecified atom stereocenters. The van der Waals surface area contributed by atoms with Crippen LogP contribution in [0.4, 0.5) is 0 Å². The minimum atomic E-state index is -0.449. The van der Waals surface area contributed by atoms with E-state index in [9.17, 15) is 0 Å². The molecule has 1 aromatic heterocycles. The van der Waals surface area contributed by atoms with Crippen LogP contribution in [0.2, 0.25) is 0 Å². The highest BCUT2D eigenvalue weighted by atomic mass is 35.5. The number of allylic oxidation sites excluding steroid dienone is 3. The van der Waals surface area contributed by atoms with Gasteiger partial charge in [0.1, 0.15) is 11.4 Å². The van der Waals surface area contributed by atoms with Crippen molar-refractivity contribution in [3.63, 3.8) is 0 Å². The first-order valence-corrected chi connectivity index (χ1v) is 6.18. The molecule has 1 aromatic rings. The van der Waals surface area contributed by atoms with Crippen molar-refractivity contribution in [2.24, 2.45) is 0 Å². The lowest BCUT2D eigenvalue weighted by Crippen LogP contribution is -2.34. The van der Waals surface area contributed by atoms with Gasteiger partial charge in [0.2, 0.25) is 0 Å². The van der Waals surface area contributed by atoms with Crippen LogP contribution >= 0.6 is 11.6 Å². The zero-order valence-corrected chi connectivity index (χ0v) is 11.6. The maximum atomic E-state index is 6.01. The number of ether oxygens (including phenoxy) is 1. The SMILES string of the molecule is C=CC1=C(/C=C(\C)Cl)C(C)(C)Oc2cnccc21. The van der Waals surface area contributed by atoms with Gasteiger partial charge in [-0.3, -0.25) is 4.98 Å². The summed E-state index contributed by atoms with van der Waals surface area (Å²) in [5.41, 5.74) is 2.63. The molecule has 0 radical (unpaired) electrons. The summed E-state index contributed by atoms with van der Waals surface area (Å²) in [4.78, 5) is 4.09. The normalized spacial score (nSPS) is 18.1. The quantitative estimate of drug-likeness (QED) is 0.790. The average Bonchev–Trinajstić information content (AvgIpc) is 2.29. The fraction of sp³-hybridized carbons (Fsp3) is 0.267. The second-order valence-corrected chi connectivity index (χ2v) is 5.34. The predicted octanol–water partition coefficient (Wildman–Crippen LogP) is 4.33. The van der Waals surface area contributed by atoms with Crippen LogP contribution in [-0.4, -0.2) is 10.6 Å². The van der Waals surface area contributed by atoms with Crippen LogP contribution in [0.15, 0.2) is 47.8 Å². The Balaban J connectivity index is 2.73. The molecule has 1 aliphatic heterocycles. The number of pyridine rings is 1. The van der Waals surface area contributed by atoms with E-state index in [2.05, 4.69) is 11.6 Å². The molecule has 0 fully saturated rings. The summed E-state index contributed by atoms with van der Waals surface area (Å²) in [6.07, 6.45) is 7.25. The van der Waals surface area contributed by atoms with E-state index in [0.29, 0.717) is 0 Å². The number of hydrogen-bond donors (Lipinski definition) is 0. The van der Waals surface area contributed by atoms with E-state index in [0.717, 1.165) is 27.5 Å². The summed E-state index contributed by atoms with van der Waals surface area (Å²) in [7, 11) is 0. The second kappa shape index (κ2) is 4.62. The van der Waals surface area contributed by atoms with Crippen molar-refractivity contribution in [3.8, 4) is 5.75 Å². The van der Waals surface area contributed by atoms with E-state index in [4.69, 9.17) is 16.3 Å². The minimum absolute atomic E-state index is 0.449. The van der Waals surface area contributed by atoms with Gasteiger partial charge in [0.25, 0.3) is 0 Å². The molecule has 0 bridgehead atoms.